The van der Waals surface area contributed by atoms with Crippen molar-refractivity contribution in [2.24, 2.45) is 0 Å². The summed E-state index contributed by atoms with van der Waals surface area (Å²) in [5, 5.41) is 0. The van der Waals surface area contributed by atoms with Gasteiger partial charge in [-0.15, -0.1) is 0 Å². The van der Waals surface area contributed by atoms with Gasteiger partial charge in [0.1, 0.15) is 6.33 Å². The molecule has 0 nitrogen and oxygen atoms in total. The lowest BCUT2D eigenvalue weighted by Crippen LogP contribution is -2.71. The van der Waals surface area contributed by atoms with Crippen molar-refractivity contribution in [3.8, 4) is 0 Å². The summed E-state index contributed by atoms with van der Waals surface area (Å²) in [5.41, 5.74) is 0. The molecular weight excluding hydrogens is 405 g/mol. The van der Waals surface area contributed by atoms with Crippen LogP contribution in [0.25, 0.3) is 0 Å². The van der Waals surface area contributed by atoms with Gasteiger partial charge in [-0.3, -0.25) is 0 Å². The first kappa shape index (κ1) is 23.7. The number of halogens is 15. The van der Waals surface area contributed by atoms with Gasteiger partial charge in [-0.05, 0) is 6.92 Å². The van der Waals surface area contributed by atoms with Gasteiger partial charge in [0, 0.05) is 0 Å². The summed E-state index contributed by atoms with van der Waals surface area (Å²) < 4.78 is 191. The molecule has 150 valence electrons. The van der Waals surface area contributed by atoms with Crippen LogP contribution in [-0.2, 0) is 0 Å². The van der Waals surface area contributed by atoms with Crippen LogP contribution >= 0.6 is 0 Å². The van der Waals surface area contributed by atoms with Crippen LogP contribution in [0.5, 0.6) is 0 Å². The van der Waals surface area contributed by atoms with Crippen LogP contribution in [-0.4, -0.2) is 41.7 Å². The molecule has 0 aliphatic heterocycles. The maximum atomic E-state index is 13.0. The van der Waals surface area contributed by atoms with Crippen LogP contribution in [0.4, 0.5) is 65.9 Å². The summed E-state index contributed by atoms with van der Waals surface area (Å²) in [6, 6.07) is 0. The van der Waals surface area contributed by atoms with Crippen molar-refractivity contribution in [1.29, 1.82) is 0 Å². The molecule has 1 atom stereocenters. The van der Waals surface area contributed by atoms with Gasteiger partial charge in [0.15, 0.2) is 6.17 Å². The molecule has 0 aromatic carbocycles. The van der Waals surface area contributed by atoms with E-state index in [1.165, 1.54) is 0 Å². The molecule has 0 radical (unpaired) electrons. The molecule has 0 amide bonds. The van der Waals surface area contributed by atoms with E-state index in [0.29, 0.717) is 0 Å². The number of hydrogen-bond donors (Lipinski definition) is 0. The third-order valence-electron chi connectivity index (χ3n) is 2.89. The van der Waals surface area contributed by atoms with E-state index in [1.54, 1.807) is 0 Å². The topological polar surface area (TPSA) is 0 Å². The maximum Gasteiger partial charge on any atom is 0.385 e. The van der Waals surface area contributed by atoms with Gasteiger partial charge in [0.25, 0.3) is 0 Å². The Bertz CT molecular complexity index is 514. The molecule has 15 heteroatoms. The van der Waals surface area contributed by atoms with Gasteiger partial charge in [0.05, 0.1) is 0 Å². The van der Waals surface area contributed by atoms with Crippen LogP contribution in [0.15, 0.2) is 12.2 Å². The van der Waals surface area contributed by atoms with Crippen molar-refractivity contribution < 1.29 is 65.9 Å². The molecule has 0 heterocycles. The first-order valence-electron chi connectivity index (χ1n) is 5.55. The van der Waals surface area contributed by atoms with Crippen molar-refractivity contribution in [2.45, 2.75) is 48.6 Å². The summed E-state index contributed by atoms with van der Waals surface area (Å²) in [5.74, 6) is -49.5. The average Bonchev–Trinajstić information content (AvgIpc) is 2.44. The molecule has 0 spiro atoms. The Morgan fingerprint density at radius 1 is 0.680 bits per heavy atom. The van der Waals surface area contributed by atoms with Gasteiger partial charge in [-0.2, -0.15) is 52.7 Å². The molecule has 0 saturated carbocycles. The largest absolute Gasteiger partial charge is 0.385 e. The predicted octanol–water partition coefficient (Wildman–Crippen LogP) is 5.94. The zero-order valence-electron chi connectivity index (χ0n) is 11.3. The highest BCUT2D eigenvalue weighted by atomic mass is 19.4. The molecular formula is C10H5F15. The second-order valence-electron chi connectivity index (χ2n) is 4.57. The second kappa shape index (κ2) is 6.14. The fraction of sp³-hybridized carbons (Fsp3) is 0.800. The van der Waals surface area contributed by atoms with Crippen molar-refractivity contribution in [3.63, 3.8) is 0 Å². The minimum Gasteiger partial charge on any atom is -0.241 e. The SMILES string of the molecule is CC(F)C(F)(F)C(F)(F)C(F)(F)C(F)(F)C(F)(F)C(F)(F)C(F)=CF. The van der Waals surface area contributed by atoms with E-state index < -0.39 is 60.8 Å². The lowest BCUT2D eigenvalue weighted by molar-refractivity contribution is -0.426. The lowest BCUT2D eigenvalue weighted by Gasteiger charge is -2.41. The highest BCUT2D eigenvalue weighted by Gasteiger charge is 2.91. The van der Waals surface area contributed by atoms with Gasteiger partial charge in [0.2, 0.25) is 5.83 Å². The van der Waals surface area contributed by atoms with E-state index >= 15 is 0 Å². The third kappa shape index (κ3) is 2.92. The fourth-order valence-corrected chi connectivity index (χ4v) is 1.27. The highest BCUT2D eigenvalue weighted by Crippen LogP contribution is 2.61. The van der Waals surface area contributed by atoms with Crippen LogP contribution < -0.4 is 0 Å². The van der Waals surface area contributed by atoms with Crippen LogP contribution in [0, 0.1) is 0 Å². The summed E-state index contributed by atoms with van der Waals surface area (Å²) in [6.45, 7) is -0.541. The smallest absolute Gasteiger partial charge is 0.241 e. The summed E-state index contributed by atoms with van der Waals surface area (Å²) >= 11 is 0. The Morgan fingerprint density at radius 3 is 1.28 bits per heavy atom. The monoisotopic (exact) mass is 410 g/mol. The van der Waals surface area contributed by atoms with Crippen LogP contribution in [0.3, 0.4) is 0 Å². The maximum absolute atomic E-state index is 13.0. The van der Waals surface area contributed by atoms with E-state index in [9.17, 15) is 65.9 Å². The summed E-state index contributed by atoms with van der Waals surface area (Å²) in [4.78, 5) is 0. The Kier molecular flexibility index (Phi) is 5.82. The molecule has 0 aromatic rings. The van der Waals surface area contributed by atoms with Crippen molar-refractivity contribution >= 4 is 0 Å². The first-order valence-corrected chi connectivity index (χ1v) is 5.55. The van der Waals surface area contributed by atoms with Crippen molar-refractivity contribution in [2.75, 3.05) is 0 Å². The average molecular weight is 410 g/mol. The normalized spacial score (nSPS) is 17.7. The zero-order chi connectivity index (χ0) is 20.9. The minimum atomic E-state index is -8.08. The number of rotatable bonds is 7. The first-order chi connectivity index (χ1) is 10.7. The van der Waals surface area contributed by atoms with E-state index in [0.717, 1.165) is 0 Å². The van der Waals surface area contributed by atoms with E-state index in [1.807, 2.05) is 0 Å². The third-order valence-corrected chi connectivity index (χ3v) is 2.89. The number of alkyl halides is 13. The quantitative estimate of drug-likeness (QED) is 0.456. The lowest BCUT2D eigenvalue weighted by atomic mass is 9.90. The molecule has 0 rings (SSSR count). The molecule has 1 unspecified atom stereocenters. The molecule has 0 aliphatic carbocycles. The molecule has 0 aliphatic rings. The van der Waals surface area contributed by atoms with E-state index in [-0.39, 0.29) is 0 Å². The molecule has 0 aromatic heterocycles. The van der Waals surface area contributed by atoms with Crippen molar-refractivity contribution in [1.82, 2.24) is 0 Å². The van der Waals surface area contributed by atoms with Crippen LogP contribution in [0.2, 0.25) is 0 Å². The molecule has 0 saturated heterocycles. The Labute approximate surface area is 128 Å². The van der Waals surface area contributed by atoms with Gasteiger partial charge < -0.3 is 0 Å². The standard InChI is InChI=1S/C10H5F15/c1-3(12)5(14,15)7(18,19)9(22,23)10(24,25)8(20,21)6(16,17)4(13)2-11/h2-3H,1H3. The molecule has 0 N–H and O–H groups in total. The summed E-state index contributed by atoms with van der Waals surface area (Å²) in [6.07, 6.45) is -6.39. The Balaban J connectivity index is 6.49. The van der Waals surface area contributed by atoms with E-state index in [4.69, 9.17) is 0 Å². The number of hydrogen-bond acceptors (Lipinski definition) is 0. The minimum absolute atomic E-state index is 0.541. The molecule has 0 bridgehead atoms. The Morgan fingerprint density at radius 2 is 1.00 bits per heavy atom. The summed E-state index contributed by atoms with van der Waals surface area (Å²) in [7, 11) is 0. The van der Waals surface area contributed by atoms with E-state index in [2.05, 4.69) is 0 Å². The molecule has 25 heavy (non-hydrogen) atoms. The second-order valence-corrected chi connectivity index (χ2v) is 4.57. The highest BCUT2D eigenvalue weighted by molar-refractivity contribution is 5.18. The predicted molar refractivity (Wildman–Crippen MR) is 50.6 cm³/mol. The van der Waals surface area contributed by atoms with Gasteiger partial charge in [-0.1, -0.05) is 0 Å². The van der Waals surface area contributed by atoms with Gasteiger partial charge in [-0.25, -0.2) is 13.2 Å². The zero-order valence-corrected chi connectivity index (χ0v) is 11.3. The number of allylic oxidation sites excluding steroid dienone is 1. The van der Waals surface area contributed by atoms with Crippen molar-refractivity contribution in [3.05, 3.63) is 12.2 Å². The molecule has 0 fully saturated rings. The van der Waals surface area contributed by atoms with Gasteiger partial charge >= 0.3 is 35.5 Å². The fourth-order valence-electron chi connectivity index (χ4n) is 1.27. The van der Waals surface area contributed by atoms with Crippen LogP contribution in [0.1, 0.15) is 6.92 Å². The Hall–Kier alpha value is -1.31.